The molecule has 0 amide bonds. The number of rotatable bonds is 7. The molecule has 0 aliphatic heterocycles. The summed E-state index contributed by atoms with van der Waals surface area (Å²) in [5, 5.41) is 27.7. The van der Waals surface area contributed by atoms with Crippen LogP contribution in [0.4, 0.5) is 8.78 Å². The summed E-state index contributed by atoms with van der Waals surface area (Å²) in [4.78, 5) is 17.3. The van der Waals surface area contributed by atoms with Crippen molar-refractivity contribution < 1.29 is 8.78 Å². The van der Waals surface area contributed by atoms with Gasteiger partial charge in [-0.2, -0.15) is 20.7 Å². The molecular weight excluding hydrogens is 733 g/mol. The molecule has 0 spiro atoms. The molecule has 0 radical (unpaired) electrons. The molecule has 54 heavy (non-hydrogen) atoms. The van der Waals surface area contributed by atoms with Crippen molar-refractivity contribution in [1.29, 1.82) is 10.5 Å². The summed E-state index contributed by atoms with van der Waals surface area (Å²) in [6.45, 7) is 5.07. The van der Waals surface area contributed by atoms with E-state index in [1.54, 1.807) is 43.0 Å². The van der Waals surface area contributed by atoms with Gasteiger partial charge in [-0.25, -0.2) is 37.7 Å². The topological polar surface area (TPSA) is 144 Å². The number of nitrogens with zero attached hydrogens (tertiary/aromatic N) is 12. The van der Waals surface area contributed by atoms with Crippen LogP contribution in [-0.2, 0) is 13.6 Å². The van der Waals surface area contributed by atoms with Crippen LogP contribution >= 0.6 is 23.2 Å². The predicted octanol–water partition coefficient (Wildman–Crippen LogP) is 8.43. The van der Waals surface area contributed by atoms with Crippen molar-refractivity contribution in [2.75, 3.05) is 0 Å². The summed E-state index contributed by atoms with van der Waals surface area (Å²) in [5.41, 5.74) is 7.26. The Morgan fingerprint density at radius 3 is 1.69 bits per heavy atom. The number of halogens is 4. The highest BCUT2D eigenvalue weighted by Gasteiger charge is 2.20. The normalized spacial score (nSPS) is 11.1. The standard InChI is InChI=1S/C21H18ClFN6.C17H10ClFN6/c1-13(2)7-8-28-12-26-20(14-3-4-17(23)16(22)9-14)21(28)18-5-6-19-25-11-15(10-24)29(19)27-18;1-24-9-22-16(10-2-3-13(19)12(18)6-10)17(24)14-4-5-15-21-8-11(7-20)25(15)23-14/h3-6,9,11-13H,7-8H2,1-2H3;2-6,8-9H,1H3. The molecule has 268 valence electrons. The molecule has 0 atom stereocenters. The summed E-state index contributed by atoms with van der Waals surface area (Å²) < 4.78 is 33.9. The Morgan fingerprint density at radius 1 is 0.685 bits per heavy atom. The van der Waals surface area contributed by atoms with Crippen molar-refractivity contribution >= 4 is 34.5 Å². The van der Waals surface area contributed by atoms with Crippen LogP contribution in [0.15, 0.2) is 85.7 Å². The van der Waals surface area contributed by atoms with Gasteiger partial charge < -0.3 is 9.13 Å². The van der Waals surface area contributed by atoms with E-state index in [0.717, 1.165) is 24.4 Å². The van der Waals surface area contributed by atoms with Crippen LogP contribution in [0.5, 0.6) is 0 Å². The second-order valence-electron chi connectivity index (χ2n) is 12.6. The fraction of sp³-hybridized carbons (Fsp3) is 0.158. The molecule has 0 fully saturated rings. The fourth-order valence-electron chi connectivity index (χ4n) is 5.81. The van der Waals surface area contributed by atoms with Gasteiger partial charge in [-0.3, -0.25) is 0 Å². The van der Waals surface area contributed by atoms with Crippen LogP contribution < -0.4 is 0 Å². The van der Waals surface area contributed by atoms with Gasteiger partial charge in [-0.15, -0.1) is 0 Å². The number of aryl methyl sites for hydroxylation is 2. The SMILES string of the molecule is CC(C)CCn1cnc(-c2ccc(F)c(Cl)c2)c1-c1ccc2ncc(C#N)n2n1.Cn1cnc(-c2ccc(F)c(Cl)c2)c1-c1ccc2ncc(C#N)n2n1. The zero-order valence-electron chi connectivity index (χ0n) is 29.0. The Bertz CT molecular complexity index is 2770. The molecule has 6 aromatic heterocycles. The number of aromatic nitrogens is 10. The monoisotopic (exact) mass is 760 g/mol. The lowest BCUT2D eigenvalue weighted by Gasteiger charge is -2.12. The lowest BCUT2D eigenvalue weighted by molar-refractivity contribution is 0.518. The van der Waals surface area contributed by atoms with Crippen LogP contribution in [-0.4, -0.2) is 48.3 Å². The summed E-state index contributed by atoms with van der Waals surface area (Å²) in [6, 6.07) is 20.4. The van der Waals surface area contributed by atoms with Crippen LogP contribution in [0.25, 0.3) is 56.6 Å². The first kappa shape index (κ1) is 35.9. The number of imidazole rings is 4. The van der Waals surface area contributed by atoms with Gasteiger partial charge in [0.15, 0.2) is 22.7 Å². The lowest BCUT2D eigenvalue weighted by atomic mass is 10.1. The van der Waals surface area contributed by atoms with E-state index in [1.807, 2.05) is 28.3 Å². The number of nitriles is 2. The van der Waals surface area contributed by atoms with Crippen LogP contribution in [0, 0.1) is 40.2 Å². The summed E-state index contributed by atoms with van der Waals surface area (Å²) in [6.07, 6.45) is 7.32. The summed E-state index contributed by atoms with van der Waals surface area (Å²) >= 11 is 11.9. The molecule has 0 unspecified atom stereocenters. The largest absolute Gasteiger partial charge is 0.332 e. The van der Waals surface area contributed by atoms with Crippen molar-refractivity contribution in [3.8, 4) is 57.4 Å². The molecule has 0 saturated carbocycles. The Kier molecular flexibility index (Phi) is 9.88. The molecule has 12 nitrogen and oxygen atoms in total. The van der Waals surface area contributed by atoms with E-state index in [1.165, 1.54) is 39.6 Å². The Morgan fingerprint density at radius 2 is 1.19 bits per heavy atom. The van der Waals surface area contributed by atoms with E-state index < -0.39 is 11.6 Å². The van der Waals surface area contributed by atoms with E-state index in [-0.39, 0.29) is 10.0 Å². The summed E-state index contributed by atoms with van der Waals surface area (Å²) in [5.74, 6) is -0.449. The van der Waals surface area contributed by atoms with Gasteiger partial charge >= 0.3 is 0 Å². The fourth-order valence-corrected chi connectivity index (χ4v) is 6.17. The molecular formula is C38H28Cl2F2N12. The van der Waals surface area contributed by atoms with E-state index in [2.05, 4.69) is 56.1 Å². The molecule has 0 aliphatic rings. The van der Waals surface area contributed by atoms with E-state index in [9.17, 15) is 19.3 Å². The lowest BCUT2D eigenvalue weighted by Crippen LogP contribution is -2.05. The van der Waals surface area contributed by atoms with Gasteiger partial charge in [0.05, 0.1) is 57.9 Å². The molecule has 0 aliphatic carbocycles. The van der Waals surface area contributed by atoms with Gasteiger partial charge in [-0.1, -0.05) is 37.0 Å². The average Bonchev–Trinajstić information content (AvgIpc) is 3.97. The highest BCUT2D eigenvalue weighted by Crippen LogP contribution is 2.34. The van der Waals surface area contributed by atoms with Crippen LogP contribution in [0.3, 0.4) is 0 Å². The third kappa shape index (κ3) is 6.88. The number of fused-ring (bicyclic) bond motifs is 2. The first-order valence-corrected chi connectivity index (χ1v) is 17.3. The highest BCUT2D eigenvalue weighted by molar-refractivity contribution is 6.31. The third-order valence-corrected chi connectivity index (χ3v) is 9.13. The highest BCUT2D eigenvalue weighted by atomic mass is 35.5. The first-order valence-electron chi connectivity index (χ1n) is 16.5. The molecule has 16 heteroatoms. The molecule has 0 bridgehead atoms. The van der Waals surface area contributed by atoms with Crippen LogP contribution in [0.1, 0.15) is 31.7 Å². The smallest absolute Gasteiger partial charge is 0.162 e. The third-order valence-electron chi connectivity index (χ3n) is 8.55. The van der Waals surface area contributed by atoms with Gasteiger partial charge in [0, 0.05) is 24.7 Å². The van der Waals surface area contributed by atoms with Gasteiger partial charge in [0.25, 0.3) is 0 Å². The maximum atomic E-state index is 13.7. The second-order valence-corrected chi connectivity index (χ2v) is 13.4. The van der Waals surface area contributed by atoms with Crippen molar-refractivity contribution in [3.63, 3.8) is 0 Å². The van der Waals surface area contributed by atoms with Gasteiger partial charge in [-0.05, 0) is 73.0 Å². The minimum atomic E-state index is -0.487. The maximum Gasteiger partial charge on any atom is 0.162 e. The zero-order chi connectivity index (χ0) is 38.1. The van der Waals surface area contributed by atoms with Crippen molar-refractivity contribution in [2.24, 2.45) is 13.0 Å². The Balaban J connectivity index is 0.000000168. The first-order chi connectivity index (χ1) is 26.1. The molecule has 8 rings (SSSR count). The number of benzene rings is 2. The zero-order valence-corrected chi connectivity index (χ0v) is 30.5. The number of hydrogen-bond donors (Lipinski definition) is 0. The minimum absolute atomic E-state index is 0.0268. The maximum absolute atomic E-state index is 13.7. The van der Waals surface area contributed by atoms with E-state index in [0.29, 0.717) is 62.5 Å². The quantitative estimate of drug-likeness (QED) is 0.158. The average molecular weight is 762 g/mol. The molecule has 6 heterocycles. The molecule has 2 aromatic carbocycles. The molecule has 8 aromatic rings. The van der Waals surface area contributed by atoms with E-state index in [4.69, 9.17) is 23.2 Å². The Hall–Kier alpha value is -6.48. The van der Waals surface area contributed by atoms with Crippen molar-refractivity contribution in [3.05, 3.63) is 119 Å². The van der Waals surface area contributed by atoms with Crippen LogP contribution in [0.2, 0.25) is 10.0 Å². The molecule has 0 N–H and O–H groups in total. The van der Waals surface area contributed by atoms with Gasteiger partial charge in [0.2, 0.25) is 0 Å². The molecule has 0 saturated heterocycles. The Labute approximate surface area is 317 Å². The minimum Gasteiger partial charge on any atom is -0.332 e. The van der Waals surface area contributed by atoms with Crippen molar-refractivity contribution in [1.82, 2.24) is 48.3 Å². The van der Waals surface area contributed by atoms with Crippen molar-refractivity contribution in [2.45, 2.75) is 26.8 Å². The van der Waals surface area contributed by atoms with Gasteiger partial charge in [0.1, 0.15) is 35.2 Å². The number of hydrogen-bond acceptors (Lipinski definition) is 8. The summed E-state index contributed by atoms with van der Waals surface area (Å²) in [7, 11) is 1.84. The van der Waals surface area contributed by atoms with E-state index >= 15 is 0 Å². The second kappa shape index (κ2) is 14.9. The predicted molar refractivity (Wildman–Crippen MR) is 199 cm³/mol.